The molecule has 192 valence electrons. The Bertz CT molecular complexity index is 1630. The summed E-state index contributed by atoms with van der Waals surface area (Å²) in [5, 5.41) is 9.16. The number of rotatable bonds is 6. The molecule has 0 atom stereocenters. The number of halogens is 1. The molecular weight excluding hydrogens is 479 g/mol. The summed E-state index contributed by atoms with van der Waals surface area (Å²) in [7, 11) is 0. The van der Waals surface area contributed by atoms with E-state index in [1.165, 1.54) is 12.1 Å². The monoisotopic (exact) mass is 508 g/mol. The third-order valence-corrected chi connectivity index (χ3v) is 7.46. The maximum absolute atomic E-state index is 13.7. The first-order chi connectivity index (χ1) is 18.5. The first-order valence-corrected chi connectivity index (χ1v) is 12.9. The molecule has 0 aliphatic heterocycles. The van der Waals surface area contributed by atoms with Gasteiger partial charge in [0.1, 0.15) is 5.82 Å². The highest BCUT2D eigenvalue weighted by Gasteiger charge is 2.28. The molecule has 1 aliphatic rings. The number of hydrogen-bond donors (Lipinski definition) is 0. The lowest BCUT2D eigenvalue weighted by molar-refractivity contribution is -0.119. The van der Waals surface area contributed by atoms with Crippen LogP contribution in [0.5, 0.6) is 0 Å². The van der Waals surface area contributed by atoms with E-state index in [0.29, 0.717) is 0 Å². The number of allylic oxidation sites excluding steroid dienone is 2. The van der Waals surface area contributed by atoms with Crippen molar-refractivity contribution in [3.05, 3.63) is 99.4 Å². The van der Waals surface area contributed by atoms with Gasteiger partial charge in [-0.1, -0.05) is 49.1 Å². The van der Waals surface area contributed by atoms with Crippen molar-refractivity contribution in [3.8, 4) is 11.1 Å². The molecule has 2 aromatic heterocycles. The third-order valence-electron chi connectivity index (χ3n) is 7.46. The lowest BCUT2D eigenvalue weighted by Gasteiger charge is -2.28. The highest BCUT2D eigenvalue weighted by molar-refractivity contribution is 5.93. The maximum atomic E-state index is 13.7. The molecule has 0 bridgehead atoms. The summed E-state index contributed by atoms with van der Waals surface area (Å²) >= 11 is 0. The number of amides is 1. The van der Waals surface area contributed by atoms with Gasteiger partial charge in [-0.3, -0.25) is 4.79 Å². The van der Waals surface area contributed by atoms with Gasteiger partial charge in [-0.15, -0.1) is 4.91 Å². The molecular formula is C31H29FN4O2. The third kappa shape index (κ3) is 5.23. The Kier molecular flexibility index (Phi) is 7.36. The van der Waals surface area contributed by atoms with Gasteiger partial charge in [-0.25, -0.2) is 13.9 Å². The number of nitroso groups, excluding NO2 is 1. The Hall–Kier alpha value is -4.26. The number of carbonyl (C=O) groups excluding carboxylic acids is 1. The molecule has 5 rings (SSSR count). The van der Waals surface area contributed by atoms with Gasteiger partial charge in [-0.05, 0) is 78.3 Å². The van der Waals surface area contributed by atoms with E-state index >= 15 is 0 Å². The topological polar surface area (TPSA) is 76.7 Å². The first-order valence-electron chi connectivity index (χ1n) is 12.9. The average Bonchev–Trinajstić information content (AvgIpc) is 3.35. The number of carbonyl (C=O) groups is 1. The summed E-state index contributed by atoms with van der Waals surface area (Å²) in [5.41, 5.74) is 5.39. The molecule has 0 unspecified atom stereocenters. The van der Waals surface area contributed by atoms with Crippen molar-refractivity contribution in [1.29, 1.82) is 0 Å². The summed E-state index contributed by atoms with van der Waals surface area (Å²) in [6, 6.07) is 14.4. The van der Waals surface area contributed by atoms with Crippen LogP contribution < -0.4 is 10.4 Å². The quantitative estimate of drug-likeness (QED) is 0.309. The first kappa shape index (κ1) is 25.4. The van der Waals surface area contributed by atoms with Crippen LogP contribution in [0, 0.1) is 16.6 Å². The maximum Gasteiger partial charge on any atom is 0.286 e. The molecule has 1 fully saturated rings. The molecule has 6 nitrogen and oxygen atoms in total. The lowest BCUT2D eigenvalue weighted by atomic mass is 9.77. The molecule has 0 radical (unpaired) electrons. The number of nitrogens with zero attached hydrogens (tertiary/aromatic N) is 4. The van der Waals surface area contributed by atoms with Crippen molar-refractivity contribution in [2.45, 2.75) is 44.9 Å². The van der Waals surface area contributed by atoms with E-state index in [4.69, 9.17) is 4.98 Å². The summed E-state index contributed by atoms with van der Waals surface area (Å²) in [4.78, 5) is 27.3. The molecule has 38 heavy (non-hydrogen) atoms. The van der Waals surface area contributed by atoms with Crippen molar-refractivity contribution >= 4 is 29.8 Å². The second-order valence-corrected chi connectivity index (χ2v) is 9.87. The van der Waals surface area contributed by atoms with E-state index < -0.39 is 5.91 Å². The van der Waals surface area contributed by atoms with Gasteiger partial charge in [0, 0.05) is 34.8 Å². The number of aromatic nitrogens is 3. The van der Waals surface area contributed by atoms with E-state index in [1.54, 1.807) is 16.6 Å². The molecule has 0 spiro atoms. The van der Waals surface area contributed by atoms with Gasteiger partial charge < -0.3 is 0 Å². The molecule has 0 N–H and O–H groups in total. The highest BCUT2D eigenvalue weighted by Crippen LogP contribution is 2.40. The zero-order valence-electron chi connectivity index (χ0n) is 21.3. The SMILES string of the molecule is C=c1cccc/c1=C/C(=C\C)c1cnn2cc(-c3ccc(F)cc3)c(C3CCC(CC(=O)N=O)CC3)nc12. The lowest BCUT2D eigenvalue weighted by Crippen LogP contribution is -2.21. The predicted octanol–water partition coefficient (Wildman–Crippen LogP) is 5.79. The van der Waals surface area contributed by atoms with E-state index in [1.807, 2.05) is 49.7 Å². The van der Waals surface area contributed by atoms with Gasteiger partial charge in [0.05, 0.1) is 11.9 Å². The number of fused-ring (bicyclic) bond motifs is 1. The molecule has 2 aromatic carbocycles. The van der Waals surface area contributed by atoms with E-state index in [-0.39, 0.29) is 24.1 Å². The standard InChI is InChI=1S/C31H29FN4O2/c1-3-22(17-25-7-5-4-6-20(25)2)27-18-33-36-19-28(23-12-14-26(32)15-13-23)30(34-31(27)36)24-10-8-21(9-11-24)16-29(37)35-38/h3-7,12-15,17-19,21,24H,2,8-11,16H2,1H3/b22-3+,25-17-. The number of benzene rings is 2. The molecule has 7 heteroatoms. The second-order valence-electron chi connectivity index (χ2n) is 9.87. The number of hydrogen-bond acceptors (Lipinski definition) is 4. The van der Waals surface area contributed by atoms with Crippen molar-refractivity contribution in [2.75, 3.05) is 0 Å². The highest BCUT2D eigenvalue weighted by atomic mass is 19.1. The summed E-state index contributed by atoms with van der Waals surface area (Å²) < 4.78 is 15.5. The van der Waals surface area contributed by atoms with Gasteiger partial charge in [0.15, 0.2) is 5.65 Å². The Morgan fingerprint density at radius 2 is 1.87 bits per heavy atom. The van der Waals surface area contributed by atoms with Crippen molar-refractivity contribution in [2.24, 2.45) is 11.1 Å². The van der Waals surface area contributed by atoms with Crippen LogP contribution in [0.3, 0.4) is 0 Å². The second kappa shape index (κ2) is 11.0. The zero-order chi connectivity index (χ0) is 26.6. The smallest absolute Gasteiger partial charge is 0.269 e. The Labute approximate surface area is 220 Å². The Balaban J connectivity index is 1.59. The Morgan fingerprint density at radius 3 is 2.55 bits per heavy atom. The van der Waals surface area contributed by atoms with Crippen LogP contribution in [-0.4, -0.2) is 20.5 Å². The van der Waals surface area contributed by atoms with Crippen LogP contribution in [0.2, 0.25) is 0 Å². The van der Waals surface area contributed by atoms with Crippen LogP contribution in [0.1, 0.15) is 56.2 Å². The van der Waals surface area contributed by atoms with E-state index in [0.717, 1.165) is 69.7 Å². The average molecular weight is 509 g/mol. The van der Waals surface area contributed by atoms with E-state index in [9.17, 15) is 14.1 Å². The Morgan fingerprint density at radius 1 is 1.13 bits per heavy atom. The summed E-state index contributed by atoms with van der Waals surface area (Å²) in [5.74, 6) is -0.551. The van der Waals surface area contributed by atoms with Gasteiger partial charge in [0.25, 0.3) is 5.91 Å². The minimum absolute atomic E-state index is 0.159. The minimum atomic E-state index is -0.581. The molecule has 1 aliphatic carbocycles. The van der Waals surface area contributed by atoms with Gasteiger partial charge in [0.2, 0.25) is 0 Å². The molecule has 2 heterocycles. The van der Waals surface area contributed by atoms with Gasteiger partial charge in [-0.2, -0.15) is 5.10 Å². The van der Waals surface area contributed by atoms with Crippen LogP contribution in [0.4, 0.5) is 4.39 Å². The fourth-order valence-electron chi connectivity index (χ4n) is 5.37. The minimum Gasteiger partial charge on any atom is -0.269 e. The van der Waals surface area contributed by atoms with E-state index in [2.05, 4.69) is 22.9 Å². The fraction of sp³-hybridized carbons (Fsp3) is 0.258. The fourth-order valence-corrected chi connectivity index (χ4v) is 5.37. The molecule has 1 amide bonds. The molecule has 4 aromatic rings. The zero-order valence-corrected chi connectivity index (χ0v) is 21.3. The normalized spacial score (nSPS) is 18.6. The largest absolute Gasteiger partial charge is 0.286 e. The summed E-state index contributed by atoms with van der Waals surface area (Å²) in [6.45, 7) is 6.13. The van der Waals surface area contributed by atoms with Crippen LogP contribution in [0.25, 0.3) is 35.0 Å². The van der Waals surface area contributed by atoms with Crippen molar-refractivity contribution in [3.63, 3.8) is 0 Å². The van der Waals surface area contributed by atoms with Crippen LogP contribution in [0.15, 0.2) is 72.2 Å². The predicted molar refractivity (Wildman–Crippen MR) is 148 cm³/mol. The van der Waals surface area contributed by atoms with Crippen LogP contribution >= 0.6 is 0 Å². The van der Waals surface area contributed by atoms with Crippen molar-refractivity contribution in [1.82, 2.24) is 14.6 Å². The van der Waals surface area contributed by atoms with Crippen LogP contribution in [-0.2, 0) is 4.79 Å². The molecule has 0 saturated heterocycles. The van der Waals surface area contributed by atoms with Crippen molar-refractivity contribution < 1.29 is 9.18 Å². The van der Waals surface area contributed by atoms with Gasteiger partial charge >= 0.3 is 0 Å². The summed E-state index contributed by atoms with van der Waals surface area (Å²) in [6.07, 6.45) is 11.5. The molecule has 1 saturated carbocycles.